The van der Waals surface area contributed by atoms with E-state index in [-0.39, 0.29) is 11.5 Å². The first-order chi connectivity index (χ1) is 12.2. The zero-order valence-electron chi connectivity index (χ0n) is 13.9. The molecule has 152 valence electrons. The molecule has 0 spiro atoms. The Kier molecular flexibility index (Phi) is 7.60. The van der Waals surface area contributed by atoms with E-state index in [2.05, 4.69) is 5.11 Å². The van der Waals surface area contributed by atoms with Gasteiger partial charge in [-0.05, 0) is 5.11 Å². The number of ether oxygens (including phenoxy) is 4. The van der Waals surface area contributed by atoms with Gasteiger partial charge in [0.25, 0.3) is 0 Å². The number of hydrogen-bond acceptors (Lipinski definition) is 12. The SMILES string of the molecule is C[N+]([O-])=NCOC1O[C@H](CO[C@@H]2OC[C@@H](O)[C@H](O)[C@H]2O)[C@H](O)[C@H](O)[C@H]1O. The second-order valence-electron chi connectivity index (χ2n) is 6.00. The maximum Gasteiger partial charge on any atom is 0.203 e. The summed E-state index contributed by atoms with van der Waals surface area (Å²) >= 11 is 0. The van der Waals surface area contributed by atoms with E-state index in [4.69, 9.17) is 18.9 Å². The monoisotopic (exact) mass is 384 g/mol. The van der Waals surface area contributed by atoms with Crippen LogP contribution in [0, 0.1) is 5.21 Å². The van der Waals surface area contributed by atoms with Crippen LogP contribution in [-0.4, -0.2) is 118 Å². The van der Waals surface area contributed by atoms with E-state index in [1.54, 1.807) is 0 Å². The van der Waals surface area contributed by atoms with Gasteiger partial charge in [0, 0.05) is 0 Å². The van der Waals surface area contributed by atoms with Crippen LogP contribution in [0.1, 0.15) is 0 Å². The summed E-state index contributed by atoms with van der Waals surface area (Å²) in [5, 5.41) is 72.5. The molecule has 0 aromatic carbocycles. The molecule has 26 heavy (non-hydrogen) atoms. The number of nitrogens with zero attached hydrogens (tertiary/aromatic N) is 2. The molecule has 2 aliphatic rings. The minimum Gasteiger partial charge on any atom is -0.600 e. The quantitative estimate of drug-likeness (QED) is 0.148. The van der Waals surface area contributed by atoms with Gasteiger partial charge in [0.2, 0.25) is 6.73 Å². The van der Waals surface area contributed by atoms with Crippen molar-refractivity contribution < 1.29 is 54.4 Å². The van der Waals surface area contributed by atoms with Gasteiger partial charge >= 0.3 is 0 Å². The molecule has 0 radical (unpaired) electrons. The number of aliphatic hydroxyl groups is 6. The summed E-state index contributed by atoms with van der Waals surface area (Å²) < 4.78 is 20.6. The highest BCUT2D eigenvalue weighted by molar-refractivity contribution is 4.90. The molecule has 0 bridgehead atoms. The van der Waals surface area contributed by atoms with E-state index in [9.17, 15) is 35.8 Å². The molecule has 0 amide bonds. The van der Waals surface area contributed by atoms with Crippen molar-refractivity contribution in [1.29, 1.82) is 0 Å². The molecule has 0 aliphatic carbocycles. The van der Waals surface area contributed by atoms with E-state index in [0.717, 1.165) is 7.05 Å². The Balaban J connectivity index is 1.91. The van der Waals surface area contributed by atoms with Gasteiger partial charge < -0.3 is 54.8 Å². The molecule has 2 fully saturated rings. The average molecular weight is 384 g/mol. The van der Waals surface area contributed by atoms with Crippen LogP contribution in [-0.2, 0) is 18.9 Å². The largest absolute Gasteiger partial charge is 0.600 e. The second-order valence-corrected chi connectivity index (χ2v) is 6.00. The van der Waals surface area contributed by atoms with Crippen molar-refractivity contribution >= 4 is 0 Å². The zero-order valence-corrected chi connectivity index (χ0v) is 13.9. The third-order valence-corrected chi connectivity index (χ3v) is 4.04. The van der Waals surface area contributed by atoms with Gasteiger partial charge in [-0.1, -0.05) is 4.86 Å². The van der Waals surface area contributed by atoms with Crippen LogP contribution in [0.25, 0.3) is 0 Å². The molecule has 1 unspecified atom stereocenters. The lowest BCUT2D eigenvalue weighted by Crippen LogP contribution is -2.60. The van der Waals surface area contributed by atoms with Crippen molar-refractivity contribution in [2.75, 3.05) is 27.0 Å². The van der Waals surface area contributed by atoms with E-state index in [1.807, 2.05) is 0 Å². The normalized spacial score (nSPS) is 44.9. The molecular formula is C13H24N2O11. The zero-order chi connectivity index (χ0) is 19.4. The molecule has 0 aromatic rings. The van der Waals surface area contributed by atoms with Gasteiger partial charge in [-0.2, -0.15) is 0 Å². The predicted octanol–water partition coefficient (Wildman–Crippen LogP) is -4.18. The smallest absolute Gasteiger partial charge is 0.203 e. The minimum absolute atomic E-state index is 0.239. The predicted molar refractivity (Wildman–Crippen MR) is 78.3 cm³/mol. The average Bonchev–Trinajstić information content (AvgIpc) is 2.60. The first-order valence-electron chi connectivity index (χ1n) is 7.89. The third-order valence-electron chi connectivity index (χ3n) is 4.04. The molecular weight excluding hydrogens is 360 g/mol. The number of hydrogen-bond donors (Lipinski definition) is 6. The molecule has 13 nitrogen and oxygen atoms in total. The summed E-state index contributed by atoms with van der Waals surface area (Å²) in [7, 11) is 1.12. The number of azo groups is 1. The fraction of sp³-hybridized carbons (Fsp3) is 1.00. The Labute approximate surface area is 148 Å². The standard InChI is InChI=1S/C13H24N2O11/c1-15(22)14-4-25-13-11(21)9(19)8(18)6(26-13)3-24-12-10(20)7(17)5(16)2-23-12/h5-13,16-21H,2-4H2,1H3/t5-,6-,7+,8+,9+,10-,11-,12+,13?/m1/s1. The summed E-state index contributed by atoms with van der Waals surface area (Å²) in [6, 6.07) is 0. The Bertz CT molecular complexity index is 477. The maximum absolute atomic E-state index is 10.7. The van der Waals surface area contributed by atoms with E-state index in [1.165, 1.54) is 0 Å². The van der Waals surface area contributed by atoms with Crippen molar-refractivity contribution in [3.63, 3.8) is 0 Å². The summed E-state index contributed by atoms with van der Waals surface area (Å²) in [4.78, 5) is 0.239. The molecule has 2 saturated heterocycles. The lowest BCUT2D eigenvalue weighted by Gasteiger charge is -2.41. The van der Waals surface area contributed by atoms with Crippen LogP contribution in [0.5, 0.6) is 0 Å². The first kappa shape index (κ1) is 21.3. The highest BCUT2D eigenvalue weighted by Gasteiger charge is 2.45. The first-order valence-corrected chi connectivity index (χ1v) is 7.89. The van der Waals surface area contributed by atoms with Crippen molar-refractivity contribution in [3.05, 3.63) is 5.21 Å². The van der Waals surface area contributed by atoms with Gasteiger partial charge in [-0.25, -0.2) is 0 Å². The van der Waals surface area contributed by atoms with Crippen LogP contribution in [0.4, 0.5) is 0 Å². The molecule has 13 heteroatoms. The van der Waals surface area contributed by atoms with Crippen LogP contribution in [0.3, 0.4) is 0 Å². The van der Waals surface area contributed by atoms with Crippen LogP contribution < -0.4 is 0 Å². The van der Waals surface area contributed by atoms with E-state index >= 15 is 0 Å². The minimum atomic E-state index is -1.63. The van der Waals surface area contributed by atoms with Gasteiger partial charge in [-0.3, -0.25) is 0 Å². The molecule has 0 saturated carbocycles. The Morgan fingerprint density at radius 3 is 2.27 bits per heavy atom. The molecule has 2 aliphatic heterocycles. The van der Waals surface area contributed by atoms with Crippen molar-refractivity contribution in [2.45, 2.75) is 55.3 Å². The van der Waals surface area contributed by atoms with Gasteiger partial charge in [0.05, 0.1) is 13.2 Å². The summed E-state index contributed by atoms with van der Waals surface area (Å²) in [5.74, 6) is 0. The van der Waals surface area contributed by atoms with Crippen LogP contribution >= 0.6 is 0 Å². The molecule has 9 atom stereocenters. The molecule has 2 heterocycles. The molecule has 0 aromatic heterocycles. The highest BCUT2D eigenvalue weighted by Crippen LogP contribution is 2.24. The number of rotatable bonds is 6. The van der Waals surface area contributed by atoms with Crippen molar-refractivity contribution in [3.8, 4) is 0 Å². The third kappa shape index (κ3) is 5.04. The van der Waals surface area contributed by atoms with Gasteiger partial charge in [0.15, 0.2) is 19.6 Å². The van der Waals surface area contributed by atoms with Crippen LogP contribution in [0.15, 0.2) is 5.11 Å². The lowest BCUT2D eigenvalue weighted by molar-refractivity contribution is -0.505. The molecule has 6 N–H and O–H groups in total. The maximum atomic E-state index is 10.7. The Morgan fingerprint density at radius 1 is 0.962 bits per heavy atom. The van der Waals surface area contributed by atoms with Crippen molar-refractivity contribution in [1.82, 2.24) is 0 Å². The lowest BCUT2D eigenvalue weighted by atomic mass is 9.99. The second kappa shape index (κ2) is 9.27. The summed E-state index contributed by atoms with van der Waals surface area (Å²) in [6.07, 6.45) is -12.9. The topological polar surface area (TPSA) is 197 Å². The van der Waals surface area contributed by atoms with E-state index in [0.29, 0.717) is 0 Å². The summed E-state index contributed by atoms with van der Waals surface area (Å²) in [6.45, 7) is -1.12. The van der Waals surface area contributed by atoms with E-state index < -0.39 is 68.6 Å². The van der Waals surface area contributed by atoms with Crippen molar-refractivity contribution in [2.24, 2.45) is 5.11 Å². The Hall–Kier alpha value is -1.00. The fourth-order valence-electron chi connectivity index (χ4n) is 2.50. The van der Waals surface area contributed by atoms with Gasteiger partial charge in [-0.15, -0.1) is 0 Å². The highest BCUT2D eigenvalue weighted by atomic mass is 16.7. The summed E-state index contributed by atoms with van der Waals surface area (Å²) in [5.41, 5.74) is 0. The number of hydroxylamine groups is 1. The van der Waals surface area contributed by atoms with Gasteiger partial charge in [0.1, 0.15) is 42.7 Å². The fourth-order valence-corrected chi connectivity index (χ4v) is 2.50. The van der Waals surface area contributed by atoms with Crippen LogP contribution in [0.2, 0.25) is 0 Å². The Morgan fingerprint density at radius 2 is 1.62 bits per heavy atom. The molecule has 2 rings (SSSR count). The number of aliphatic hydroxyl groups excluding tert-OH is 6.